The van der Waals surface area contributed by atoms with E-state index in [2.05, 4.69) is 9.97 Å². The summed E-state index contributed by atoms with van der Waals surface area (Å²) in [7, 11) is 0. The molecule has 0 spiro atoms. The highest BCUT2D eigenvalue weighted by molar-refractivity contribution is 5.77. The number of nitrogens with zero attached hydrogens (tertiary/aromatic N) is 2. The molecule has 1 aromatic carbocycles. The first-order valence-corrected chi connectivity index (χ1v) is 5.14. The first-order chi connectivity index (χ1) is 8.36. The van der Waals surface area contributed by atoms with Gasteiger partial charge < -0.3 is 4.42 Å². The van der Waals surface area contributed by atoms with Gasteiger partial charge in [0.1, 0.15) is 5.69 Å². The number of aldehydes is 1. The molecule has 0 saturated carbocycles. The van der Waals surface area contributed by atoms with Crippen molar-refractivity contribution in [2.24, 2.45) is 0 Å². The molecule has 0 unspecified atom stereocenters. The summed E-state index contributed by atoms with van der Waals surface area (Å²) in [5.74, 6) is 0.834. The fourth-order valence-electron chi connectivity index (χ4n) is 1.63. The van der Waals surface area contributed by atoms with E-state index in [0.717, 1.165) is 11.0 Å². The van der Waals surface area contributed by atoms with E-state index >= 15 is 0 Å². The van der Waals surface area contributed by atoms with Crippen molar-refractivity contribution in [3.05, 3.63) is 48.4 Å². The molecule has 0 fully saturated rings. The number of aromatic nitrogens is 2. The monoisotopic (exact) mass is 224 g/mol. The van der Waals surface area contributed by atoms with Crippen LogP contribution in [0.2, 0.25) is 0 Å². The van der Waals surface area contributed by atoms with Gasteiger partial charge >= 0.3 is 0 Å². The third-order valence-electron chi connectivity index (χ3n) is 2.44. The fraction of sp³-hybridized carbons (Fsp3) is 0. The second kappa shape index (κ2) is 3.83. The van der Waals surface area contributed by atoms with Crippen molar-refractivity contribution < 1.29 is 9.21 Å². The smallest absolute Gasteiger partial charge is 0.185 e. The number of fused-ring (bicyclic) bond motifs is 1. The van der Waals surface area contributed by atoms with E-state index in [1.54, 1.807) is 18.3 Å². The van der Waals surface area contributed by atoms with Crippen molar-refractivity contribution in [1.29, 1.82) is 0 Å². The van der Waals surface area contributed by atoms with Gasteiger partial charge in [0.15, 0.2) is 17.8 Å². The van der Waals surface area contributed by atoms with Crippen LogP contribution in [0.5, 0.6) is 0 Å². The molecule has 0 radical (unpaired) electrons. The molecule has 82 valence electrons. The Kier molecular flexibility index (Phi) is 2.19. The normalized spacial score (nSPS) is 10.6. The van der Waals surface area contributed by atoms with E-state index in [0.29, 0.717) is 17.7 Å². The Morgan fingerprint density at radius 1 is 1.06 bits per heavy atom. The van der Waals surface area contributed by atoms with E-state index in [1.165, 1.54) is 0 Å². The number of hydrogen-bond donors (Lipinski definition) is 0. The number of para-hydroxylation sites is 2. The maximum Gasteiger partial charge on any atom is 0.185 e. The van der Waals surface area contributed by atoms with Crippen molar-refractivity contribution in [3.63, 3.8) is 0 Å². The summed E-state index contributed by atoms with van der Waals surface area (Å²) >= 11 is 0. The maximum absolute atomic E-state index is 10.5. The Balaban J connectivity index is 2.14. The second-order valence-electron chi connectivity index (χ2n) is 3.56. The number of carbonyl (C=O) groups excluding carboxylic acids is 1. The predicted octanol–water partition coefficient (Wildman–Crippen LogP) is 2.70. The lowest BCUT2D eigenvalue weighted by molar-refractivity contribution is 0.110. The molecule has 0 aliphatic rings. The predicted molar refractivity (Wildman–Crippen MR) is 62.6 cm³/mol. The van der Waals surface area contributed by atoms with Crippen LogP contribution in [0.1, 0.15) is 10.6 Å². The lowest BCUT2D eigenvalue weighted by atomic mass is 10.3. The van der Waals surface area contributed by atoms with Gasteiger partial charge in [-0.1, -0.05) is 12.1 Å². The molecule has 0 N–H and O–H groups in total. The lowest BCUT2D eigenvalue weighted by Crippen LogP contribution is -1.86. The van der Waals surface area contributed by atoms with E-state index in [-0.39, 0.29) is 5.76 Å². The number of furan rings is 1. The standard InChI is InChI=1S/C13H8N2O2/c16-8-9-5-6-13(17-9)12-7-14-10-3-1-2-4-11(10)15-12/h1-8H. The highest BCUT2D eigenvalue weighted by Gasteiger charge is 2.06. The van der Waals surface area contributed by atoms with Crippen LogP contribution in [0.3, 0.4) is 0 Å². The zero-order chi connectivity index (χ0) is 11.7. The highest BCUT2D eigenvalue weighted by atomic mass is 16.3. The molecule has 0 aliphatic carbocycles. The Labute approximate surface area is 96.9 Å². The summed E-state index contributed by atoms with van der Waals surface area (Å²) in [4.78, 5) is 19.2. The molecule has 2 heterocycles. The summed E-state index contributed by atoms with van der Waals surface area (Å²) < 4.78 is 5.30. The average molecular weight is 224 g/mol. The van der Waals surface area contributed by atoms with Crippen molar-refractivity contribution in [3.8, 4) is 11.5 Å². The summed E-state index contributed by atoms with van der Waals surface area (Å²) in [6.45, 7) is 0. The van der Waals surface area contributed by atoms with Crippen LogP contribution in [-0.2, 0) is 0 Å². The molecular formula is C13H8N2O2. The molecule has 0 bridgehead atoms. The quantitative estimate of drug-likeness (QED) is 0.628. The molecule has 3 rings (SSSR count). The fourth-order valence-corrected chi connectivity index (χ4v) is 1.63. The first-order valence-electron chi connectivity index (χ1n) is 5.14. The molecule has 17 heavy (non-hydrogen) atoms. The van der Waals surface area contributed by atoms with Gasteiger partial charge in [0.2, 0.25) is 0 Å². The van der Waals surface area contributed by atoms with Crippen LogP contribution in [0.25, 0.3) is 22.5 Å². The summed E-state index contributed by atoms with van der Waals surface area (Å²) in [6.07, 6.45) is 2.30. The molecular weight excluding hydrogens is 216 g/mol. The third-order valence-corrected chi connectivity index (χ3v) is 2.44. The Bertz CT molecular complexity index is 688. The van der Waals surface area contributed by atoms with Gasteiger partial charge in [0.05, 0.1) is 17.2 Å². The number of carbonyl (C=O) groups is 1. The second-order valence-corrected chi connectivity index (χ2v) is 3.56. The SMILES string of the molecule is O=Cc1ccc(-c2cnc3ccccc3n2)o1. The van der Waals surface area contributed by atoms with Gasteiger partial charge in [-0.25, -0.2) is 4.98 Å². The van der Waals surface area contributed by atoms with Gasteiger partial charge in [-0.3, -0.25) is 9.78 Å². The Hall–Kier alpha value is -2.49. The molecule has 3 aromatic rings. The van der Waals surface area contributed by atoms with E-state index in [9.17, 15) is 4.79 Å². The van der Waals surface area contributed by atoms with Gasteiger partial charge in [-0.2, -0.15) is 0 Å². The van der Waals surface area contributed by atoms with Crippen LogP contribution in [-0.4, -0.2) is 16.3 Å². The molecule has 2 aromatic heterocycles. The van der Waals surface area contributed by atoms with Crippen molar-refractivity contribution in [2.45, 2.75) is 0 Å². The topological polar surface area (TPSA) is 56.0 Å². The summed E-state index contributed by atoms with van der Waals surface area (Å²) in [6, 6.07) is 10.9. The van der Waals surface area contributed by atoms with E-state index < -0.39 is 0 Å². The molecule has 4 heteroatoms. The lowest BCUT2D eigenvalue weighted by Gasteiger charge is -1.98. The molecule has 0 amide bonds. The minimum atomic E-state index is 0.287. The van der Waals surface area contributed by atoms with Gasteiger partial charge in [-0.05, 0) is 24.3 Å². The molecule has 4 nitrogen and oxygen atoms in total. The van der Waals surface area contributed by atoms with Crippen LogP contribution >= 0.6 is 0 Å². The first kappa shape index (κ1) is 9.72. The van der Waals surface area contributed by atoms with Gasteiger partial charge in [-0.15, -0.1) is 0 Å². The van der Waals surface area contributed by atoms with Gasteiger partial charge in [0.25, 0.3) is 0 Å². The van der Waals surface area contributed by atoms with Crippen LogP contribution < -0.4 is 0 Å². The molecule has 0 saturated heterocycles. The summed E-state index contributed by atoms with van der Waals surface area (Å²) in [5.41, 5.74) is 2.25. The van der Waals surface area contributed by atoms with Crippen molar-refractivity contribution in [1.82, 2.24) is 9.97 Å². The zero-order valence-corrected chi connectivity index (χ0v) is 8.83. The highest BCUT2D eigenvalue weighted by Crippen LogP contribution is 2.20. The average Bonchev–Trinajstić information content (AvgIpc) is 2.87. The Morgan fingerprint density at radius 3 is 2.65 bits per heavy atom. The van der Waals surface area contributed by atoms with Crippen molar-refractivity contribution >= 4 is 17.3 Å². The van der Waals surface area contributed by atoms with Crippen LogP contribution in [0.15, 0.2) is 47.0 Å². The largest absolute Gasteiger partial charge is 0.452 e. The van der Waals surface area contributed by atoms with Gasteiger partial charge in [0, 0.05) is 0 Å². The van der Waals surface area contributed by atoms with Crippen LogP contribution in [0, 0.1) is 0 Å². The minimum Gasteiger partial charge on any atom is -0.452 e. The molecule has 0 atom stereocenters. The number of rotatable bonds is 2. The maximum atomic E-state index is 10.5. The van der Waals surface area contributed by atoms with Crippen molar-refractivity contribution in [2.75, 3.05) is 0 Å². The zero-order valence-electron chi connectivity index (χ0n) is 8.83. The van der Waals surface area contributed by atoms with E-state index in [4.69, 9.17) is 4.42 Å². The Morgan fingerprint density at radius 2 is 1.88 bits per heavy atom. The van der Waals surface area contributed by atoms with E-state index in [1.807, 2.05) is 24.3 Å². The van der Waals surface area contributed by atoms with Crippen LogP contribution in [0.4, 0.5) is 0 Å². The third kappa shape index (κ3) is 1.69. The minimum absolute atomic E-state index is 0.287. The summed E-state index contributed by atoms with van der Waals surface area (Å²) in [5, 5.41) is 0. The number of hydrogen-bond acceptors (Lipinski definition) is 4. The number of benzene rings is 1. The molecule has 0 aliphatic heterocycles.